The molecule has 13 heteroatoms. The van der Waals surface area contributed by atoms with Crippen molar-refractivity contribution in [3.8, 4) is 0 Å². The molecule has 1 fully saturated rings. The Hall–Kier alpha value is -2.02. The van der Waals surface area contributed by atoms with E-state index in [1.165, 1.54) is 4.31 Å². The van der Waals surface area contributed by atoms with Crippen LogP contribution < -0.4 is 0 Å². The average molecular weight is 561 g/mol. The standard InChI is InChI=1S/C22H26ClN5O4S2.ClH/c1-26(15-17-5-3-2-4-6-17)21(29)9-8-20-24-19(25-32-20)16-27-11-13-28(14-12-27)34(30,31)22-10-7-18(23)33-22;/h2-7,10H,8-9,11-16H2,1H3;1H. The van der Waals surface area contributed by atoms with Gasteiger partial charge in [0.05, 0.1) is 10.9 Å². The maximum atomic E-state index is 12.7. The summed E-state index contributed by atoms with van der Waals surface area (Å²) in [6, 6.07) is 13.0. The van der Waals surface area contributed by atoms with Crippen molar-refractivity contribution in [1.82, 2.24) is 24.2 Å². The van der Waals surface area contributed by atoms with E-state index in [9.17, 15) is 13.2 Å². The van der Waals surface area contributed by atoms with Gasteiger partial charge in [0.1, 0.15) is 4.21 Å². The number of aromatic nitrogens is 2. The van der Waals surface area contributed by atoms with Crippen LogP contribution in [0.4, 0.5) is 0 Å². The van der Waals surface area contributed by atoms with Gasteiger partial charge in [0.2, 0.25) is 11.8 Å². The first-order valence-corrected chi connectivity index (χ1v) is 13.5. The zero-order chi connectivity index (χ0) is 24.1. The topological polar surface area (TPSA) is 99.9 Å². The summed E-state index contributed by atoms with van der Waals surface area (Å²) in [6.07, 6.45) is 0.661. The lowest BCUT2D eigenvalue weighted by Gasteiger charge is -2.32. The molecule has 4 rings (SSSR count). The summed E-state index contributed by atoms with van der Waals surface area (Å²) in [5.41, 5.74) is 1.07. The van der Waals surface area contributed by atoms with Crippen LogP contribution in [0.1, 0.15) is 23.7 Å². The third-order valence-corrected chi connectivity index (χ3v) is 9.19. The van der Waals surface area contributed by atoms with Gasteiger partial charge in [-0.1, -0.05) is 47.1 Å². The predicted molar refractivity (Wildman–Crippen MR) is 136 cm³/mol. The molecular formula is C22H27Cl2N5O4S2. The van der Waals surface area contributed by atoms with E-state index < -0.39 is 10.0 Å². The van der Waals surface area contributed by atoms with Gasteiger partial charge >= 0.3 is 0 Å². The van der Waals surface area contributed by atoms with E-state index in [0.717, 1.165) is 16.9 Å². The Bertz CT molecular complexity index is 1210. The average Bonchev–Trinajstić information content (AvgIpc) is 3.47. The summed E-state index contributed by atoms with van der Waals surface area (Å²) < 4.78 is 33.0. The second-order valence-electron chi connectivity index (χ2n) is 8.08. The van der Waals surface area contributed by atoms with Gasteiger partial charge in [-0.3, -0.25) is 9.69 Å². The molecule has 3 aromatic rings. The lowest BCUT2D eigenvalue weighted by atomic mass is 10.2. The van der Waals surface area contributed by atoms with Crippen LogP contribution in [0, 0.1) is 0 Å². The Morgan fingerprint density at radius 3 is 2.51 bits per heavy atom. The number of aryl methyl sites for hydroxylation is 1. The minimum absolute atomic E-state index is 0. The maximum absolute atomic E-state index is 12.7. The van der Waals surface area contributed by atoms with Crippen molar-refractivity contribution in [3.63, 3.8) is 0 Å². The van der Waals surface area contributed by atoms with Gasteiger partial charge in [-0.15, -0.1) is 23.7 Å². The number of amides is 1. The fourth-order valence-electron chi connectivity index (χ4n) is 3.70. The highest BCUT2D eigenvalue weighted by atomic mass is 35.5. The summed E-state index contributed by atoms with van der Waals surface area (Å²) in [5.74, 6) is 0.960. The van der Waals surface area contributed by atoms with Crippen LogP contribution in [0.15, 0.2) is 51.2 Å². The second-order valence-corrected chi connectivity index (χ2v) is 12.0. The van der Waals surface area contributed by atoms with Crippen LogP contribution in [-0.2, 0) is 34.3 Å². The lowest BCUT2D eigenvalue weighted by Crippen LogP contribution is -2.48. The number of benzene rings is 1. The zero-order valence-corrected chi connectivity index (χ0v) is 22.4. The van der Waals surface area contributed by atoms with Gasteiger partial charge in [-0.2, -0.15) is 9.29 Å². The van der Waals surface area contributed by atoms with Gasteiger partial charge in [0.15, 0.2) is 5.82 Å². The number of hydrogen-bond acceptors (Lipinski definition) is 8. The van der Waals surface area contributed by atoms with E-state index in [1.54, 1.807) is 24.1 Å². The van der Waals surface area contributed by atoms with Crippen molar-refractivity contribution < 1.29 is 17.7 Å². The van der Waals surface area contributed by atoms with E-state index in [4.69, 9.17) is 16.1 Å². The first-order valence-electron chi connectivity index (χ1n) is 10.9. The summed E-state index contributed by atoms with van der Waals surface area (Å²) in [7, 11) is -1.74. The van der Waals surface area contributed by atoms with Crippen molar-refractivity contribution in [1.29, 1.82) is 0 Å². The molecule has 35 heavy (non-hydrogen) atoms. The Balaban J connectivity index is 0.00000342. The smallest absolute Gasteiger partial charge is 0.252 e. The van der Waals surface area contributed by atoms with Gasteiger partial charge in [-0.25, -0.2) is 8.42 Å². The minimum atomic E-state index is -3.52. The van der Waals surface area contributed by atoms with E-state index in [-0.39, 0.29) is 28.9 Å². The number of rotatable bonds is 9. The van der Waals surface area contributed by atoms with E-state index in [1.807, 2.05) is 30.3 Å². The number of piperazine rings is 1. The third-order valence-electron chi connectivity index (χ3n) is 5.59. The number of hydrogen-bond donors (Lipinski definition) is 0. The third kappa shape index (κ3) is 7.25. The Kier molecular flexibility index (Phi) is 9.68. The highest BCUT2D eigenvalue weighted by molar-refractivity contribution is 7.91. The molecule has 0 N–H and O–H groups in total. The van der Waals surface area contributed by atoms with Crippen molar-refractivity contribution in [3.05, 3.63) is 64.1 Å². The van der Waals surface area contributed by atoms with Crippen molar-refractivity contribution in [2.45, 2.75) is 30.1 Å². The number of sulfonamides is 1. The number of thiophene rings is 1. The van der Waals surface area contributed by atoms with Crippen LogP contribution in [0.2, 0.25) is 4.34 Å². The first kappa shape index (κ1) is 27.6. The van der Waals surface area contributed by atoms with E-state index in [0.29, 0.717) is 61.7 Å². The zero-order valence-electron chi connectivity index (χ0n) is 19.2. The molecule has 0 spiro atoms. The van der Waals surface area contributed by atoms with Gasteiger partial charge in [0, 0.05) is 52.6 Å². The largest absolute Gasteiger partial charge is 0.341 e. The predicted octanol–water partition coefficient (Wildman–Crippen LogP) is 3.30. The monoisotopic (exact) mass is 559 g/mol. The molecule has 0 aliphatic carbocycles. The van der Waals surface area contributed by atoms with Crippen LogP contribution in [0.5, 0.6) is 0 Å². The Labute approximate surface area is 220 Å². The first-order chi connectivity index (χ1) is 16.3. The van der Waals surface area contributed by atoms with Gasteiger partial charge in [0.25, 0.3) is 10.0 Å². The van der Waals surface area contributed by atoms with Crippen LogP contribution in [0.3, 0.4) is 0 Å². The molecule has 9 nitrogen and oxygen atoms in total. The fourth-order valence-corrected chi connectivity index (χ4v) is 6.76. The number of halogens is 2. The Morgan fingerprint density at radius 1 is 1.14 bits per heavy atom. The molecule has 1 aliphatic heterocycles. The van der Waals surface area contributed by atoms with E-state index in [2.05, 4.69) is 15.0 Å². The molecule has 1 amide bonds. The highest BCUT2D eigenvalue weighted by Gasteiger charge is 2.30. The van der Waals surface area contributed by atoms with Crippen molar-refractivity contribution in [2.24, 2.45) is 0 Å². The fraction of sp³-hybridized carbons (Fsp3) is 0.409. The van der Waals surface area contributed by atoms with Crippen LogP contribution >= 0.6 is 35.3 Å². The molecule has 0 atom stereocenters. The maximum Gasteiger partial charge on any atom is 0.252 e. The van der Waals surface area contributed by atoms with Gasteiger partial charge < -0.3 is 9.42 Å². The summed E-state index contributed by atoms with van der Waals surface area (Å²) >= 11 is 6.96. The van der Waals surface area contributed by atoms with Crippen molar-refractivity contribution in [2.75, 3.05) is 33.2 Å². The molecule has 3 heterocycles. The molecule has 1 aromatic carbocycles. The summed E-state index contributed by atoms with van der Waals surface area (Å²) in [4.78, 5) is 20.6. The molecule has 0 bridgehead atoms. The molecule has 1 saturated heterocycles. The molecule has 0 unspecified atom stereocenters. The molecule has 1 aliphatic rings. The number of carbonyl (C=O) groups excluding carboxylic acids is 1. The minimum Gasteiger partial charge on any atom is -0.341 e. The highest BCUT2D eigenvalue weighted by Crippen LogP contribution is 2.28. The molecular weight excluding hydrogens is 533 g/mol. The summed E-state index contributed by atoms with van der Waals surface area (Å²) in [6.45, 7) is 2.89. The number of carbonyl (C=O) groups is 1. The van der Waals surface area contributed by atoms with Crippen molar-refractivity contribution >= 4 is 51.3 Å². The molecule has 2 aromatic heterocycles. The SMILES string of the molecule is CN(Cc1ccccc1)C(=O)CCc1nc(CN2CCN(S(=O)(=O)c3ccc(Cl)s3)CC2)no1.Cl. The number of nitrogens with zero attached hydrogens (tertiary/aromatic N) is 5. The van der Waals surface area contributed by atoms with Gasteiger partial charge in [-0.05, 0) is 17.7 Å². The normalized spacial score (nSPS) is 15.0. The quantitative estimate of drug-likeness (QED) is 0.396. The summed E-state index contributed by atoms with van der Waals surface area (Å²) in [5, 5.41) is 4.02. The lowest BCUT2D eigenvalue weighted by molar-refractivity contribution is -0.130. The molecule has 0 radical (unpaired) electrons. The van der Waals surface area contributed by atoms with Crippen LogP contribution in [-0.4, -0.2) is 71.8 Å². The molecule has 0 saturated carbocycles. The van der Waals surface area contributed by atoms with Crippen LogP contribution in [0.25, 0.3) is 0 Å². The second kappa shape index (κ2) is 12.3. The molecule has 190 valence electrons. The van der Waals surface area contributed by atoms with E-state index >= 15 is 0 Å². The Morgan fingerprint density at radius 2 is 1.86 bits per heavy atom.